The van der Waals surface area contributed by atoms with Gasteiger partial charge < -0.3 is 14.8 Å². The SMILES string of the molecule is CCC1OC(n2cnc3c(NC)ncnc32)CC1OC. The summed E-state index contributed by atoms with van der Waals surface area (Å²) in [6.07, 6.45) is 5.18. The summed E-state index contributed by atoms with van der Waals surface area (Å²) in [7, 11) is 3.55. The first-order valence-electron chi connectivity index (χ1n) is 6.82. The third-order valence-electron chi connectivity index (χ3n) is 3.79. The van der Waals surface area contributed by atoms with Crippen molar-refractivity contribution in [2.45, 2.75) is 38.2 Å². The Morgan fingerprint density at radius 3 is 2.95 bits per heavy atom. The van der Waals surface area contributed by atoms with Crippen LogP contribution in [0.3, 0.4) is 0 Å². The number of aromatic nitrogens is 4. The van der Waals surface area contributed by atoms with E-state index < -0.39 is 0 Å². The molecule has 2 aromatic heterocycles. The van der Waals surface area contributed by atoms with Gasteiger partial charge in [0.1, 0.15) is 18.1 Å². The van der Waals surface area contributed by atoms with E-state index in [4.69, 9.17) is 9.47 Å². The molecule has 0 saturated carbocycles. The number of ether oxygens (including phenoxy) is 2. The van der Waals surface area contributed by atoms with E-state index in [1.165, 1.54) is 6.33 Å². The van der Waals surface area contributed by atoms with Gasteiger partial charge in [0, 0.05) is 20.6 Å². The summed E-state index contributed by atoms with van der Waals surface area (Å²) in [5.41, 5.74) is 1.54. The summed E-state index contributed by atoms with van der Waals surface area (Å²) < 4.78 is 13.5. The summed E-state index contributed by atoms with van der Waals surface area (Å²) in [5, 5.41) is 3.02. The van der Waals surface area contributed by atoms with Crippen molar-refractivity contribution in [3.05, 3.63) is 12.7 Å². The third kappa shape index (κ3) is 2.03. The van der Waals surface area contributed by atoms with Crippen molar-refractivity contribution < 1.29 is 9.47 Å². The van der Waals surface area contributed by atoms with E-state index in [9.17, 15) is 0 Å². The van der Waals surface area contributed by atoms with Crippen LogP contribution in [0.4, 0.5) is 5.82 Å². The van der Waals surface area contributed by atoms with Gasteiger partial charge in [-0.05, 0) is 6.42 Å². The molecule has 0 aromatic carbocycles. The molecule has 3 rings (SSSR count). The van der Waals surface area contributed by atoms with Gasteiger partial charge in [0.2, 0.25) is 0 Å². The van der Waals surface area contributed by atoms with Gasteiger partial charge in [0.05, 0.1) is 18.5 Å². The largest absolute Gasteiger partial charge is 0.379 e. The second-order valence-electron chi connectivity index (χ2n) is 4.84. The van der Waals surface area contributed by atoms with Gasteiger partial charge in [0.25, 0.3) is 0 Å². The molecule has 7 nitrogen and oxygen atoms in total. The Hall–Kier alpha value is -1.73. The molecular weight excluding hydrogens is 258 g/mol. The zero-order valence-corrected chi connectivity index (χ0v) is 11.9. The van der Waals surface area contributed by atoms with Gasteiger partial charge in [-0.15, -0.1) is 0 Å². The van der Waals surface area contributed by atoms with Crippen LogP contribution in [-0.2, 0) is 9.47 Å². The fourth-order valence-corrected chi connectivity index (χ4v) is 2.73. The van der Waals surface area contributed by atoms with Gasteiger partial charge in [-0.3, -0.25) is 4.57 Å². The maximum atomic E-state index is 6.06. The molecule has 7 heteroatoms. The highest BCUT2D eigenvalue weighted by molar-refractivity contribution is 5.82. The highest BCUT2D eigenvalue weighted by Gasteiger charge is 2.36. The van der Waals surface area contributed by atoms with Crippen molar-refractivity contribution in [1.29, 1.82) is 0 Å². The van der Waals surface area contributed by atoms with Gasteiger partial charge >= 0.3 is 0 Å². The summed E-state index contributed by atoms with van der Waals surface area (Å²) in [5.74, 6) is 0.724. The average molecular weight is 277 g/mol. The number of nitrogens with zero attached hydrogens (tertiary/aromatic N) is 4. The maximum Gasteiger partial charge on any atom is 0.167 e. The van der Waals surface area contributed by atoms with E-state index in [0.29, 0.717) is 0 Å². The molecule has 1 aliphatic rings. The first-order chi connectivity index (χ1) is 9.78. The normalized spacial score (nSPS) is 26.2. The smallest absolute Gasteiger partial charge is 0.167 e. The fraction of sp³-hybridized carbons (Fsp3) is 0.615. The Bertz CT molecular complexity index is 587. The van der Waals surface area contributed by atoms with Gasteiger partial charge in [-0.25, -0.2) is 15.0 Å². The second-order valence-corrected chi connectivity index (χ2v) is 4.84. The van der Waals surface area contributed by atoms with E-state index in [2.05, 4.69) is 27.2 Å². The molecule has 20 heavy (non-hydrogen) atoms. The highest BCUT2D eigenvalue weighted by Crippen LogP contribution is 2.34. The van der Waals surface area contributed by atoms with E-state index in [1.807, 2.05) is 11.6 Å². The van der Waals surface area contributed by atoms with Crippen molar-refractivity contribution in [2.24, 2.45) is 0 Å². The number of nitrogens with one attached hydrogen (secondary N) is 1. The van der Waals surface area contributed by atoms with Crippen LogP contribution < -0.4 is 5.32 Å². The highest BCUT2D eigenvalue weighted by atomic mass is 16.6. The summed E-state index contributed by atoms with van der Waals surface area (Å²) >= 11 is 0. The predicted octanol–water partition coefficient (Wildman–Crippen LogP) is 1.58. The van der Waals surface area contributed by atoms with Gasteiger partial charge in [-0.2, -0.15) is 0 Å². The molecule has 0 amide bonds. The van der Waals surface area contributed by atoms with Crippen molar-refractivity contribution in [2.75, 3.05) is 19.5 Å². The van der Waals surface area contributed by atoms with Gasteiger partial charge in [0.15, 0.2) is 11.5 Å². The molecule has 2 aromatic rings. The number of hydrogen-bond donors (Lipinski definition) is 1. The molecule has 0 radical (unpaired) electrons. The number of methoxy groups -OCH3 is 1. The Morgan fingerprint density at radius 2 is 2.30 bits per heavy atom. The molecule has 1 fully saturated rings. The van der Waals surface area contributed by atoms with Crippen molar-refractivity contribution in [3.63, 3.8) is 0 Å². The lowest BCUT2D eigenvalue weighted by molar-refractivity contribution is -0.0273. The summed E-state index contributed by atoms with van der Waals surface area (Å²) in [4.78, 5) is 12.9. The molecule has 0 aliphatic carbocycles. The molecule has 1 aliphatic heterocycles. The van der Waals surface area contributed by atoms with E-state index >= 15 is 0 Å². The first kappa shape index (κ1) is 13.3. The standard InChI is InChI=1S/C13H19N5O2/c1-4-8-9(19-3)5-10(20-8)18-7-17-11-12(14-2)15-6-16-13(11)18/h6-10H,4-5H2,1-3H3,(H,14,15,16). The van der Waals surface area contributed by atoms with Crippen LogP contribution in [0.2, 0.25) is 0 Å². The van der Waals surface area contributed by atoms with E-state index in [-0.39, 0.29) is 18.4 Å². The lowest BCUT2D eigenvalue weighted by Gasteiger charge is -2.14. The topological polar surface area (TPSA) is 74.1 Å². The van der Waals surface area contributed by atoms with Crippen LogP contribution in [0.25, 0.3) is 11.2 Å². The Balaban J connectivity index is 1.96. The van der Waals surface area contributed by atoms with Crippen LogP contribution >= 0.6 is 0 Å². The lowest BCUT2D eigenvalue weighted by Crippen LogP contribution is -2.21. The summed E-state index contributed by atoms with van der Waals surface area (Å²) in [6, 6.07) is 0. The number of anilines is 1. The van der Waals surface area contributed by atoms with Crippen molar-refractivity contribution in [3.8, 4) is 0 Å². The van der Waals surface area contributed by atoms with Crippen molar-refractivity contribution >= 4 is 17.0 Å². The minimum atomic E-state index is -0.0884. The Labute approximate surface area is 117 Å². The molecule has 0 bridgehead atoms. The molecule has 108 valence electrons. The van der Waals surface area contributed by atoms with Crippen LogP contribution in [-0.4, -0.2) is 45.9 Å². The van der Waals surface area contributed by atoms with Crippen LogP contribution in [0.15, 0.2) is 12.7 Å². The average Bonchev–Trinajstić information content (AvgIpc) is 3.09. The predicted molar refractivity (Wildman–Crippen MR) is 74.5 cm³/mol. The van der Waals surface area contributed by atoms with Gasteiger partial charge in [-0.1, -0.05) is 6.92 Å². The quantitative estimate of drug-likeness (QED) is 0.914. The molecule has 3 heterocycles. The molecular formula is C13H19N5O2. The summed E-state index contributed by atoms with van der Waals surface area (Å²) in [6.45, 7) is 2.10. The van der Waals surface area contributed by atoms with Crippen molar-refractivity contribution in [1.82, 2.24) is 19.5 Å². The molecule has 1 saturated heterocycles. The zero-order chi connectivity index (χ0) is 14.1. The monoisotopic (exact) mass is 277 g/mol. The third-order valence-corrected chi connectivity index (χ3v) is 3.79. The minimum absolute atomic E-state index is 0.0884. The minimum Gasteiger partial charge on any atom is -0.379 e. The zero-order valence-electron chi connectivity index (χ0n) is 11.9. The maximum absolute atomic E-state index is 6.06. The number of imidazole rings is 1. The Morgan fingerprint density at radius 1 is 1.45 bits per heavy atom. The molecule has 3 atom stereocenters. The lowest BCUT2D eigenvalue weighted by atomic mass is 10.1. The fourth-order valence-electron chi connectivity index (χ4n) is 2.73. The molecule has 1 N–H and O–H groups in total. The number of rotatable bonds is 4. The molecule has 0 spiro atoms. The second kappa shape index (κ2) is 5.34. The molecule has 3 unspecified atom stereocenters. The van der Waals surface area contributed by atoms with Crippen LogP contribution in [0, 0.1) is 0 Å². The Kier molecular flexibility index (Phi) is 3.54. The van der Waals surface area contributed by atoms with Crippen LogP contribution in [0.5, 0.6) is 0 Å². The van der Waals surface area contributed by atoms with E-state index in [1.54, 1.807) is 13.4 Å². The van der Waals surface area contributed by atoms with E-state index in [0.717, 1.165) is 29.8 Å². The number of fused-ring (bicyclic) bond motifs is 1. The number of hydrogen-bond acceptors (Lipinski definition) is 6. The van der Waals surface area contributed by atoms with Crippen LogP contribution in [0.1, 0.15) is 26.0 Å². The first-order valence-corrected chi connectivity index (χ1v) is 6.82.